The van der Waals surface area contributed by atoms with Crippen LogP contribution in [-0.2, 0) is 4.79 Å². The maximum absolute atomic E-state index is 13.1. The maximum Gasteiger partial charge on any atom is 0.233 e. The van der Waals surface area contributed by atoms with Crippen LogP contribution >= 0.6 is 0 Å². The molecule has 0 saturated carbocycles. The van der Waals surface area contributed by atoms with Crippen molar-refractivity contribution in [2.24, 2.45) is 0 Å². The maximum atomic E-state index is 13.1. The lowest BCUT2D eigenvalue weighted by Gasteiger charge is -2.10. The van der Waals surface area contributed by atoms with E-state index in [1.54, 1.807) is 12.1 Å². The number of hydrogen-bond acceptors (Lipinski definition) is 4. The van der Waals surface area contributed by atoms with Crippen LogP contribution in [0.15, 0.2) is 42.5 Å². The van der Waals surface area contributed by atoms with Gasteiger partial charge in [-0.05, 0) is 42.3 Å². The fraction of sp³-hybridized carbons (Fsp3) is 0.167. The van der Waals surface area contributed by atoms with Gasteiger partial charge in [0.1, 0.15) is 5.82 Å². The second-order valence-electron chi connectivity index (χ2n) is 5.21. The molecule has 2 aromatic carbocycles. The molecule has 1 N–H and O–H groups in total. The molecule has 1 aromatic heterocycles. The van der Waals surface area contributed by atoms with Crippen LogP contribution in [0.4, 0.5) is 10.3 Å². The highest BCUT2D eigenvalue weighted by Crippen LogP contribution is 2.29. The molecule has 122 valence electrons. The van der Waals surface area contributed by atoms with Crippen LogP contribution in [0.5, 0.6) is 5.88 Å². The molecule has 0 radical (unpaired) electrons. The van der Waals surface area contributed by atoms with Crippen LogP contribution in [0.1, 0.15) is 13.8 Å². The average molecular weight is 325 g/mol. The van der Waals surface area contributed by atoms with E-state index in [-0.39, 0.29) is 17.7 Å². The molecule has 0 unspecified atom stereocenters. The molecule has 0 aliphatic rings. The fourth-order valence-corrected chi connectivity index (χ4v) is 2.38. The van der Waals surface area contributed by atoms with E-state index in [0.29, 0.717) is 18.0 Å². The van der Waals surface area contributed by atoms with E-state index in [4.69, 9.17) is 4.74 Å². The minimum Gasteiger partial charge on any atom is -0.477 e. The number of hydrogen-bond donors (Lipinski definition) is 1. The number of benzene rings is 2. The minimum absolute atomic E-state index is 0.202. The van der Waals surface area contributed by atoms with E-state index in [2.05, 4.69) is 15.3 Å². The second-order valence-corrected chi connectivity index (χ2v) is 5.21. The van der Waals surface area contributed by atoms with Gasteiger partial charge >= 0.3 is 0 Å². The third-order valence-electron chi connectivity index (χ3n) is 3.41. The van der Waals surface area contributed by atoms with E-state index in [9.17, 15) is 9.18 Å². The van der Waals surface area contributed by atoms with E-state index >= 15 is 0 Å². The molecule has 0 spiro atoms. The second kappa shape index (κ2) is 6.62. The molecule has 1 heterocycles. The third-order valence-corrected chi connectivity index (χ3v) is 3.41. The third kappa shape index (κ3) is 3.32. The van der Waals surface area contributed by atoms with Crippen molar-refractivity contribution in [2.75, 3.05) is 11.9 Å². The Hall–Kier alpha value is -3.02. The molecular formula is C18H16FN3O2. The number of aromatic nitrogens is 2. The Kier molecular flexibility index (Phi) is 4.37. The number of halogens is 1. The molecule has 1 amide bonds. The Morgan fingerprint density at radius 3 is 2.50 bits per heavy atom. The first kappa shape index (κ1) is 15.9. The van der Waals surface area contributed by atoms with Crippen LogP contribution < -0.4 is 10.1 Å². The van der Waals surface area contributed by atoms with E-state index in [1.807, 2.05) is 25.1 Å². The zero-order valence-corrected chi connectivity index (χ0v) is 13.3. The minimum atomic E-state index is -0.280. The van der Waals surface area contributed by atoms with E-state index in [1.165, 1.54) is 19.1 Å². The lowest BCUT2D eigenvalue weighted by Crippen LogP contribution is -2.10. The van der Waals surface area contributed by atoms with Crippen molar-refractivity contribution in [3.05, 3.63) is 48.3 Å². The molecule has 3 rings (SSSR count). The zero-order valence-electron chi connectivity index (χ0n) is 13.3. The van der Waals surface area contributed by atoms with E-state index < -0.39 is 0 Å². The van der Waals surface area contributed by atoms with Crippen molar-refractivity contribution in [1.82, 2.24) is 9.97 Å². The smallest absolute Gasteiger partial charge is 0.233 e. The molecule has 0 aliphatic carbocycles. The van der Waals surface area contributed by atoms with Crippen molar-refractivity contribution < 1.29 is 13.9 Å². The summed E-state index contributed by atoms with van der Waals surface area (Å²) in [7, 11) is 0. The Morgan fingerprint density at radius 1 is 1.12 bits per heavy atom. The Morgan fingerprint density at radius 2 is 1.83 bits per heavy atom. The molecule has 0 saturated heterocycles. The van der Waals surface area contributed by atoms with Gasteiger partial charge in [-0.2, -0.15) is 4.98 Å². The van der Waals surface area contributed by atoms with Crippen LogP contribution in [0, 0.1) is 5.82 Å². The van der Waals surface area contributed by atoms with E-state index in [0.717, 1.165) is 16.5 Å². The van der Waals surface area contributed by atoms with Crippen molar-refractivity contribution in [3.63, 3.8) is 0 Å². The van der Waals surface area contributed by atoms with Gasteiger partial charge in [0, 0.05) is 6.92 Å². The quantitative estimate of drug-likeness (QED) is 0.792. The summed E-state index contributed by atoms with van der Waals surface area (Å²) in [5.41, 5.74) is 2.44. The molecule has 6 heteroatoms. The lowest BCUT2D eigenvalue weighted by atomic mass is 10.0. The Labute approximate surface area is 138 Å². The van der Waals surface area contributed by atoms with Gasteiger partial charge in [-0.15, -0.1) is 0 Å². The van der Waals surface area contributed by atoms with Gasteiger partial charge in [0.25, 0.3) is 0 Å². The molecule has 0 atom stereocenters. The van der Waals surface area contributed by atoms with Gasteiger partial charge in [-0.1, -0.05) is 18.2 Å². The van der Waals surface area contributed by atoms with Crippen LogP contribution in [0.3, 0.4) is 0 Å². The Balaban J connectivity index is 2.12. The number of carbonyl (C=O) groups excluding carboxylic acids is 1. The van der Waals surface area contributed by atoms with Gasteiger partial charge in [0.05, 0.1) is 17.5 Å². The summed E-state index contributed by atoms with van der Waals surface area (Å²) in [5.74, 6) is 0.0701. The van der Waals surface area contributed by atoms with Crippen molar-refractivity contribution in [1.29, 1.82) is 0 Å². The standard InChI is InChI=1S/C18H16FN3O2/c1-3-24-17-15-10-13(12-4-7-14(19)8-5-12)6-9-16(15)21-18(22-17)20-11(2)23/h4-10H,3H2,1-2H3,(H,20,21,22,23). The number of nitrogens with zero attached hydrogens (tertiary/aromatic N) is 2. The van der Waals surface area contributed by atoms with Crippen molar-refractivity contribution in [2.45, 2.75) is 13.8 Å². The summed E-state index contributed by atoms with van der Waals surface area (Å²) in [4.78, 5) is 19.8. The van der Waals surface area contributed by atoms with Crippen molar-refractivity contribution >= 4 is 22.8 Å². The number of nitrogens with one attached hydrogen (secondary N) is 1. The van der Waals surface area contributed by atoms with Gasteiger partial charge in [0.15, 0.2) is 0 Å². The molecular weight excluding hydrogens is 309 g/mol. The number of amides is 1. The number of ether oxygens (including phenoxy) is 1. The topological polar surface area (TPSA) is 64.1 Å². The summed E-state index contributed by atoms with van der Waals surface area (Å²) < 4.78 is 18.7. The van der Waals surface area contributed by atoms with Gasteiger partial charge in [0.2, 0.25) is 17.7 Å². The Bertz CT molecular complexity index is 895. The zero-order chi connectivity index (χ0) is 17.1. The van der Waals surface area contributed by atoms with Crippen LogP contribution in [0.25, 0.3) is 22.0 Å². The predicted octanol–water partition coefficient (Wildman–Crippen LogP) is 3.79. The largest absolute Gasteiger partial charge is 0.477 e. The fourth-order valence-electron chi connectivity index (χ4n) is 2.38. The van der Waals surface area contributed by atoms with Gasteiger partial charge < -0.3 is 4.74 Å². The molecule has 3 aromatic rings. The van der Waals surface area contributed by atoms with Crippen molar-refractivity contribution in [3.8, 4) is 17.0 Å². The number of fused-ring (bicyclic) bond motifs is 1. The number of rotatable bonds is 4. The molecule has 24 heavy (non-hydrogen) atoms. The first-order valence-corrected chi connectivity index (χ1v) is 7.55. The van der Waals surface area contributed by atoms with Gasteiger partial charge in [-0.3, -0.25) is 10.1 Å². The molecule has 5 nitrogen and oxygen atoms in total. The monoisotopic (exact) mass is 325 g/mol. The number of carbonyl (C=O) groups is 1. The molecule has 0 bridgehead atoms. The normalized spacial score (nSPS) is 10.6. The summed E-state index contributed by atoms with van der Waals surface area (Å²) in [6, 6.07) is 11.9. The lowest BCUT2D eigenvalue weighted by molar-refractivity contribution is -0.114. The van der Waals surface area contributed by atoms with Gasteiger partial charge in [-0.25, -0.2) is 9.37 Å². The number of anilines is 1. The molecule has 0 fully saturated rings. The highest BCUT2D eigenvalue weighted by Gasteiger charge is 2.11. The summed E-state index contributed by atoms with van der Waals surface area (Å²) >= 11 is 0. The highest BCUT2D eigenvalue weighted by molar-refractivity contribution is 5.92. The summed E-state index contributed by atoms with van der Waals surface area (Å²) in [6.45, 7) is 3.69. The van der Waals surface area contributed by atoms with Crippen LogP contribution in [-0.4, -0.2) is 22.5 Å². The first-order valence-electron chi connectivity index (χ1n) is 7.55. The van der Waals surface area contributed by atoms with Crippen LogP contribution in [0.2, 0.25) is 0 Å². The predicted molar refractivity (Wildman–Crippen MR) is 90.4 cm³/mol. The summed E-state index contributed by atoms with van der Waals surface area (Å²) in [5, 5.41) is 3.29. The average Bonchev–Trinajstić information content (AvgIpc) is 2.55. The molecule has 0 aliphatic heterocycles. The SMILES string of the molecule is CCOc1nc(NC(C)=O)nc2ccc(-c3ccc(F)cc3)cc12. The summed E-state index contributed by atoms with van der Waals surface area (Å²) in [6.07, 6.45) is 0. The first-order chi connectivity index (χ1) is 11.6. The highest BCUT2D eigenvalue weighted by atomic mass is 19.1.